The summed E-state index contributed by atoms with van der Waals surface area (Å²) in [5.41, 5.74) is 0.142. The zero-order valence-corrected chi connectivity index (χ0v) is 22.0. The lowest BCUT2D eigenvalue weighted by Gasteiger charge is -2.22. The summed E-state index contributed by atoms with van der Waals surface area (Å²) in [5.74, 6) is 0. The van der Waals surface area contributed by atoms with Crippen molar-refractivity contribution in [1.82, 2.24) is 0 Å². The molecule has 0 unspecified atom stereocenters. The maximum Gasteiger partial charge on any atom is 0.0622 e. The van der Waals surface area contributed by atoms with Gasteiger partial charge in [-0.2, -0.15) is 0 Å². The van der Waals surface area contributed by atoms with Gasteiger partial charge in [-0.1, -0.05) is 116 Å². The van der Waals surface area contributed by atoms with Crippen molar-refractivity contribution in [3.8, 4) is 0 Å². The number of ether oxygens (including phenoxy) is 2. The first kappa shape index (κ1) is 29.9. The van der Waals surface area contributed by atoms with E-state index in [0.717, 1.165) is 0 Å². The van der Waals surface area contributed by atoms with Gasteiger partial charge < -0.3 is 9.47 Å². The molecule has 0 fully saturated rings. The van der Waals surface area contributed by atoms with Gasteiger partial charge in [0.25, 0.3) is 0 Å². The Kier molecular flexibility index (Phi) is 19.5. The molecule has 0 atom stereocenters. The fraction of sp³-hybridized carbons (Fsp3) is 1.00. The second-order valence-electron chi connectivity index (χ2n) is 10.8. The van der Waals surface area contributed by atoms with E-state index < -0.39 is 0 Å². The molecule has 0 aliphatic rings. The van der Waals surface area contributed by atoms with Gasteiger partial charge in [-0.3, -0.25) is 0 Å². The Morgan fingerprint density at radius 2 is 0.500 bits per heavy atom. The quantitative estimate of drug-likeness (QED) is 0.151. The van der Waals surface area contributed by atoms with Crippen LogP contribution in [0.15, 0.2) is 0 Å². The SMILES string of the molecule is COC(C)(C)CCCCCCCCCCCCCCCCCCCCC(C)(C)OC. The van der Waals surface area contributed by atoms with Crippen molar-refractivity contribution >= 4 is 0 Å². The van der Waals surface area contributed by atoms with Crippen molar-refractivity contribution in [2.75, 3.05) is 14.2 Å². The molecule has 2 heteroatoms. The molecule has 0 saturated heterocycles. The van der Waals surface area contributed by atoms with E-state index >= 15 is 0 Å². The normalized spacial score (nSPS) is 12.6. The zero-order valence-electron chi connectivity index (χ0n) is 22.0. The van der Waals surface area contributed by atoms with Gasteiger partial charge in [0, 0.05) is 14.2 Å². The minimum absolute atomic E-state index is 0.0712. The molecule has 0 bridgehead atoms. The summed E-state index contributed by atoms with van der Waals surface area (Å²) in [7, 11) is 3.66. The molecule has 0 heterocycles. The van der Waals surface area contributed by atoms with Gasteiger partial charge in [0.1, 0.15) is 0 Å². The summed E-state index contributed by atoms with van der Waals surface area (Å²) < 4.78 is 11.0. The van der Waals surface area contributed by atoms with Crippen LogP contribution in [0, 0.1) is 0 Å². The van der Waals surface area contributed by atoms with Gasteiger partial charge in [0.15, 0.2) is 0 Å². The number of unbranched alkanes of at least 4 members (excludes halogenated alkanes) is 17. The molecule has 2 nitrogen and oxygen atoms in total. The molecule has 0 aliphatic heterocycles. The summed E-state index contributed by atoms with van der Waals surface area (Å²) in [6.07, 6.45) is 28.0. The highest BCUT2D eigenvalue weighted by molar-refractivity contribution is 4.67. The van der Waals surface area contributed by atoms with Crippen LogP contribution in [0.1, 0.15) is 156 Å². The molecule has 0 rings (SSSR count). The Labute approximate surface area is 191 Å². The van der Waals surface area contributed by atoms with E-state index in [1.807, 2.05) is 14.2 Å². The first-order chi connectivity index (χ1) is 14.3. The highest BCUT2D eigenvalue weighted by atomic mass is 16.5. The summed E-state index contributed by atoms with van der Waals surface area (Å²) in [6.45, 7) is 8.78. The van der Waals surface area contributed by atoms with E-state index in [2.05, 4.69) is 27.7 Å². The maximum absolute atomic E-state index is 5.48. The Bertz CT molecular complexity index is 315. The standard InChI is InChI=1S/C28H58O2/c1-27(2,29-5)25-23-21-19-17-15-13-11-9-7-8-10-12-14-16-18-20-22-24-26-28(3,4)30-6/h7-26H2,1-6H3. The van der Waals surface area contributed by atoms with E-state index in [9.17, 15) is 0 Å². The molecular formula is C28H58O2. The van der Waals surface area contributed by atoms with E-state index in [0.29, 0.717) is 0 Å². The van der Waals surface area contributed by atoms with E-state index in [4.69, 9.17) is 9.47 Å². The van der Waals surface area contributed by atoms with Crippen molar-refractivity contribution in [1.29, 1.82) is 0 Å². The molecule has 30 heavy (non-hydrogen) atoms. The Hall–Kier alpha value is -0.0800. The first-order valence-corrected chi connectivity index (χ1v) is 13.4. The average Bonchev–Trinajstić information content (AvgIpc) is 2.72. The minimum Gasteiger partial charge on any atom is -0.379 e. The van der Waals surface area contributed by atoms with Gasteiger partial charge in [0.05, 0.1) is 11.2 Å². The van der Waals surface area contributed by atoms with Crippen LogP contribution < -0.4 is 0 Å². The van der Waals surface area contributed by atoms with Crippen LogP contribution in [0.4, 0.5) is 0 Å². The zero-order chi connectivity index (χ0) is 22.6. The molecule has 0 aromatic carbocycles. The lowest BCUT2D eigenvalue weighted by Crippen LogP contribution is -2.21. The summed E-state index contributed by atoms with van der Waals surface area (Å²) in [6, 6.07) is 0. The first-order valence-electron chi connectivity index (χ1n) is 13.4. The summed E-state index contributed by atoms with van der Waals surface area (Å²) >= 11 is 0. The molecule has 0 aromatic rings. The second kappa shape index (κ2) is 19.6. The number of methoxy groups -OCH3 is 2. The van der Waals surface area contributed by atoms with Gasteiger partial charge in [-0.05, 0) is 40.5 Å². The second-order valence-corrected chi connectivity index (χ2v) is 10.8. The van der Waals surface area contributed by atoms with Crippen molar-refractivity contribution in [2.45, 2.75) is 167 Å². The molecule has 0 radical (unpaired) electrons. The molecule has 0 spiro atoms. The summed E-state index contributed by atoms with van der Waals surface area (Å²) in [4.78, 5) is 0. The molecule has 0 aliphatic carbocycles. The van der Waals surface area contributed by atoms with Gasteiger partial charge in [-0.15, -0.1) is 0 Å². The number of hydrogen-bond donors (Lipinski definition) is 0. The van der Waals surface area contributed by atoms with Crippen molar-refractivity contribution in [2.24, 2.45) is 0 Å². The molecule has 0 saturated carbocycles. The van der Waals surface area contributed by atoms with Crippen LogP contribution in [-0.4, -0.2) is 25.4 Å². The third kappa shape index (κ3) is 21.2. The fourth-order valence-electron chi connectivity index (χ4n) is 4.13. The number of rotatable bonds is 23. The predicted octanol–water partition coefficient (Wildman–Crippen LogP) is 9.64. The van der Waals surface area contributed by atoms with Crippen molar-refractivity contribution in [3.63, 3.8) is 0 Å². The third-order valence-electron chi connectivity index (χ3n) is 6.91. The van der Waals surface area contributed by atoms with Gasteiger partial charge >= 0.3 is 0 Å². The molecular weight excluding hydrogens is 368 g/mol. The highest BCUT2D eigenvalue weighted by Crippen LogP contribution is 2.20. The Morgan fingerprint density at radius 3 is 0.667 bits per heavy atom. The molecule has 0 N–H and O–H groups in total. The van der Waals surface area contributed by atoms with Crippen LogP contribution in [0.3, 0.4) is 0 Å². The average molecular weight is 427 g/mol. The lowest BCUT2D eigenvalue weighted by atomic mass is 9.99. The van der Waals surface area contributed by atoms with Crippen molar-refractivity contribution in [3.05, 3.63) is 0 Å². The Balaban J connectivity index is 3.13. The van der Waals surface area contributed by atoms with Crippen LogP contribution in [0.5, 0.6) is 0 Å². The monoisotopic (exact) mass is 426 g/mol. The maximum atomic E-state index is 5.48. The van der Waals surface area contributed by atoms with Gasteiger partial charge in [0.2, 0.25) is 0 Å². The largest absolute Gasteiger partial charge is 0.379 e. The van der Waals surface area contributed by atoms with Gasteiger partial charge in [-0.25, -0.2) is 0 Å². The third-order valence-corrected chi connectivity index (χ3v) is 6.91. The predicted molar refractivity (Wildman–Crippen MR) is 135 cm³/mol. The molecule has 0 amide bonds. The fourth-order valence-corrected chi connectivity index (χ4v) is 4.13. The highest BCUT2D eigenvalue weighted by Gasteiger charge is 2.15. The van der Waals surface area contributed by atoms with Crippen LogP contribution in [0.2, 0.25) is 0 Å². The van der Waals surface area contributed by atoms with E-state index in [-0.39, 0.29) is 11.2 Å². The Morgan fingerprint density at radius 1 is 0.333 bits per heavy atom. The lowest BCUT2D eigenvalue weighted by molar-refractivity contribution is 0.0131. The minimum atomic E-state index is 0.0712. The topological polar surface area (TPSA) is 18.5 Å². The number of hydrogen-bond acceptors (Lipinski definition) is 2. The summed E-state index contributed by atoms with van der Waals surface area (Å²) in [5, 5.41) is 0. The smallest absolute Gasteiger partial charge is 0.0622 e. The van der Waals surface area contributed by atoms with Crippen LogP contribution in [-0.2, 0) is 9.47 Å². The van der Waals surface area contributed by atoms with Crippen LogP contribution >= 0.6 is 0 Å². The van der Waals surface area contributed by atoms with Crippen molar-refractivity contribution < 1.29 is 9.47 Å². The van der Waals surface area contributed by atoms with Crippen LogP contribution in [0.25, 0.3) is 0 Å². The molecule has 0 aromatic heterocycles. The van der Waals surface area contributed by atoms with E-state index in [1.165, 1.54) is 128 Å². The molecule has 182 valence electrons. The van der Waals surface area contributed by atoms with E-state index in [1.54, 1.807) is 0 Å².